The molecule has 3 aromatic rings. The molecule has 1 aromatic carbocycles. The van der Waals surface area contributed by atoms with Gasteiger partial charge in [-0.15, -0.1) is 0 Å². The number of carbonyl (C=O) groups excluding carboxylic acids is 1. The van der Waals surface area contributed by atoms with E-state index in [1.165, 1.54) is 5.56 Å². The van der Waals surface area contributed by atoms with Gasteiger partial charge in [0.05, 0.1) is 12.6 Å². The molecule has 1 aliphatic rings. The van der Waals surface area contributed by atoms with Crippen molar-refractivity contribution in [3.8, 4) is 0 Å². The number of rotatable bonds is 3. The molecular formula is C19H19N3O2. The van der Waals surface area contributed by atoms with E-state index in [1.807, 2.05) is 37.4 Å². The van der Waals surface area contributed by atoms with Gasteiger partial charge in [0.2, 0.25) is 0 Å². The number of nitrogens with zero attached hydrogens (tertiary/aromatic N) is 1. The van der Waals surface area contributed by atoms with Crippen LogP contribution in [0.15, 0.2) is 48.8 Å². The number of pyridine rings is 1. The van der Waals surface area contributed by atoms with E-state index in [2.05, 4.69) is 27.4 Å². The second-order valence-corrected chi connectivity index (χ2v) is 5.96. The van der Waals surface area contributed by atoms with Crippen LogP contribution in [0.1, 0.15) is 29.8 Å². The molecule has 0 spiro atoms. The summed E-state index contributed by atoms with van der Waals surface area (Å²) in [5.74, 6) is -0.206. The van der Waals surface area contributed by atoms with Gasteiger partial charge in [-0.1, -0.05) is 24.3 Å². The molecule has 2 atom stereocenters. The van der Waals surface area contributed by atoms with Gasteiger partial charge in [-0.3, -0.25) is 15.1 Å². The van der Waals surface area contributed by atoms with E-state index in [9.17, 15) is 4.79 Å². The summed E-state index contributed by atoms with van der Waals surface area (Å²) >= 11 is 0. The molecule has 4 rings (SSSR count). The van der Waals surface area contributed by atoms with Crippen LogP contribution in [-0.2, 0) is 16.0 Å². The van der Waals surface area contributed by atoms with Crippen LogP contribution in [0.3, 0.4) is 0 Å². The van der Waals surface area contributed by atoms with Crippen molar-refractivity contribution in [2.45, 2.75) is 25.4 Å². The molecule has 5 nitrogen and oxygen atoms in total. The summed E-state index contributed by atoms with van der Waals surface area (Å²) in [6.07, 6.45) is 4.21. The van der Waals surface area contributed by atoms with Gasteiger partial charge in [0.25, 0.3) is 0 Å². The van der Waals surface area contributed by atoms with E-state index >= 15 is 0 Å². The summed E-state index contributed by atoms with van der Waals surface area (Å²) in [5, 5.41) is 4.59. The van der Waals surface area contributed by atoms with Crippen molar-refractivity contribution in [3.05, 3.63) is 65.6 Å². The molecule has 2 aromatic heterocycles. The SMILES string of the molecule is CCOC(=O)C1Cc2c([nH]c3ccccc23)C(c2cccnc2)N1. The smallest absolute Gasteiger partial charge is 0.323 e. The maximum Gasteiger partial charge on any atom is 0.323 e. The average molecular weight is 321 g/mol. The van der Waals surface area contributed by atoms with Gasteiger partial charge < -0.3 is 9.72 Å². The summed E-state index contributed by atoms with van der Waals surface area (Å²) in [4.78, 5) is 20.1. The first kappa shape index (κ1) is 14.9. The first-order valence-electron chi connectivity index (χ1n) is 8.20. The van der Waals surface area contributed by atoms with E-state index in [0.29, 0.717) is 13.0 Å². The highest BCUT2D eigenvalue weighted by atomic mass is 16.5. The Labute approximate surface area is 140 Å². The average Bonchev–Trinajstić information content (AvgIpc) is 3.00. The number of para-hydroxylation sites is 1. The fourth-order valence-corrected chi connectivity index (χ4v) is 3.44. The number of aromatic amines is 1. The molecule has 0 aliphatic carbocycles. The van der Waals surface area contributed by atoms with Crippen LogP contribution in [0.4, 0.5) is 0 Å². The Morgan fingerprint density at radius 3 is 2.96 bits per heavy atom. The lowest BCUT2D eigenvalue weighted by Crippen LogP contribution is -2.45. The molecule has 0 fully saturated rings. The van der Waals surface area contributed by atoms with E-state index in [0.717, 1.165) is 22.2 Å². The largest absolute Gasteiger partial charge is 0.465 e. The van der Waals surface area contributed by atoms with Crippen molar-refractivity contribution < 1.29 is 9.53 Å². The highest BCUT2D eigenvalue weighted by Crippen LogP contribution is 2.35. The molecule has 5 heteroatoms. The third-order valence-corrected chi connectivity index (χ3v) is 4.50. The van der Waals surface area contributed by atoms with E-state index < -0.39 is 0 Å². The summed E-state index contributed by atoms with van der Waals surface area (Å²) in [7, 11) is 0. The number of fused-ring (bicyclic) bond motifs is 3. The van der Waals surface area contributed by atoms with Crippen LogP contribution in [-0.4, -0.2) is 28.6 Å². The van der Waals surface area contributed by atoms with Gasteiger partial charge in [-0.2, -0.15) is 0 Å². The minimum absolute atomic E-state index is 0.107. The van der Waals surface area contributed by atoms with E-state index in [4.69, 9.17) is 4.74 Å². The van der Waals surface area contributed by atoms with Crippen molar-refractivity contribution in [2.24, 2.45) is 0 Å². The zero-order valence-corrected chi connectivity index (χ0v) is 13.5. The fourth-order valence-electron chi connectivity index (χ4n) is 3.44. The maximum atomic E-state index is 12.3. The third kappa shape index (κ3) is 2.47. The Morgan fingerprint density at radius 1 is 1.29 bits per heavy atom. The number of esters is 1. The van der Waals surface area contributed by atoms with Gasteiger partial charge in [0.1, 0.15) is 6.04 Å². The van der Waals surface area contributed by atoms with Gasteiger partial charge in [-0.25, -0.2) is 0 Å². The molecule has 2 unspecified atom stereocenters. The predicted molar refractivity (Wildman–Crippen MR) is 91.6 cm³/mol. The Hall–Kier alpha value is -2.66. The molecular weight excluding hydrogens is 302 g/mol. The highest BCUT2D eigenvalue weighted by molar-refractivity contribution is 5.87. The number of ether oxygens (including phenoxy) is 1. The normalized spacial score (nSPS) is 19.9. The Balaban J connectivity index is 1.83. The zero-order chi connectivity index (χ0) is 16.5. The molecule has 0 amide bonds. The van der Waals surface area contributed by atoms with Crippen LogP contribution in [0.25, 0.3) is 10.9 Å². The molecule has 24 heavy (non-hydrogen) atoms. The molecule has 1 aliphatic heterocycles. The lowest BCUT2D eigenvalue weighted by molar-refractivity contribution is -0.146. The van der Waals surface area contributed by atoms with Gasteiger partial charge in [-0.05, 0) is 30.2 Å². The topological polar surface area (TPSA) is 67.0 Å². The van der Waals surface area contributed by atoms with Gasteiger partial charge in [0.15, 0.2) is 0 Å². The predicted octanol–water partition coefficient (Wildman–Crippen LogP) is 2.73. The van der Waals surface area contributed by atoms with Gasteiger partial charge in [0, 0.05) is 35.4 Å². The first-order valence-corrected chi connectivity index (χ1v) is 8.20. The van der Waals surface area contributed by atoms with Crippen LogP contribution < -0.4 is 5.32 Å². The van der Waals surface area contributed by atoms with Crippen LogP contribution in [0, 0.1) is 0 Å². The van der Waals surface area contributed by atoms with Crippen LogP contribution in [0.2, 0.25) is 0 Å². The minimum atomic E-state index is -0.359. The van der Waals surface area contributed by atoms with Crippen molar-refractivity contribution >= 4 is 16.9 Å². The number of nitrogens with one attached hydrogen (secondary N) is 2. The second-order valence-electron chi connectivity index (χ2n) is 5.96. The fraction of sp³-hybridized carbons (Fsp3) is 0.263. The summed E-state index contributed by atoms with van der Waals surface area (Å²) in [5.41, 5.74) is 4.39. The third-order valence-electron chi connectivity index (χ3n) is 4.50. The van der Waals surface area contributed by atoms with E-state index in [-0.39, 0.29) is 18.1 Å². The Morgan fingerprint density at radius 2 is 2.17 bits per heavy atom. The number of H-pyrrole nitrogens is 1. The lowest BCUT2D eigenvalue weighted by Gasteiger charge is -2.30. The summed E-state index contributed by atoms with van der Waals surface area (Å²) < 4.78 is 5.24. The quantitative estimate of drug-likeness (QED) is 0.728. The van der Waals surface area contributed by atoms with E-state index in [1.54, 1.807) is 6.20 Å². The summed E-state index contributed by atoms with van der Waals surface area (Å²) in [6.45, 7) is 2.21. The molecule has 3 heterocycles. The monoisotopic (exact) mass is 321 g/mol. The second kappa shape index (κ2) is 6.09. The Bertz CT molecular complexity index is 873. The molecule has 2 N–H and O–H groups in total. The molecule has 122 valence electrons. The number of hydrogen-bond acceptors (Lipinski definition) is 4. The number of hydrogen-bond donors (Lipinski definition) is 2. The maximum absolute atomic E-state index is 12.3. The van der Waals surface area contributed by atoms with Crippen molar-refractivity contribution in [1.82, 2.24) is 15.3 Å². The van der Waals surface area contributed by atoms with Crippen molar-refractivity contribution in [1.29, 1.82) is 0 Å². The molecule has 0 radical (unpaired) electrons. The Kier molecular flexibility index (Phi) is 3.78. The summed E-state index contributed by atoms with van der Waals surface area (Å²) in [6, 6.07) is 11.7. The standard InChI is InChI=1S/C19H19N3O2/c1-2-24-19(23)16-10-14-13-7-3-4-8-15(13)21-18(14)17(22-16)12-6-5-9-20-11-12/h3-9,11,16-17,21-22H,2,10H2,1H3. The number of carbonyl (C=O) groups is 1. The van der Waals surface area contributed by atoms with Crippen molar-refractivity contribution in [2.75, 3.05) is 6.61 Å². The zero-order valence-electron chi connectivity index (χ0n) is 13.5. The number of benzene rings is 1. The van der Waals surface area contributed by atoms with Crippen LogP contribution in [0.5, 0.6) is 0 Å². The lowest BCUT2D eigenvalue weighted by atomic mass is 9.91. The van der Waals surface area contributed by atoms with Gasteiger partial charge >= 0.3 is 5.97 Å². The molecule has 0 bridgehead atoms. The number of aromatic nitrogens is 2. The molecule has 0 saturated carbocycles. The first-order chi connectivity index (χ1) is 11.8. The van der Waals surface area contributed by atoms with Crippen molar-refractivity contribution in [3.63, 3.8) is 0 Å². The molecule has 0 saturated heterocycles. The van der Waals surface area contributed by atoms with Crippen LogP contribution >= 0.6 is 0 Å². The minimum Gasteiger partial charge on any atom is -0.465 e. The highest BCUT2D eigenvalue weighted by Gasteiger charge is 2.34.